The van der Waals surface area contributed by atoms with Crippen LogP contribution in [0.25, 0.3) is 5.69 Å². The minimum atomic E-state index is 0.256. The Hall–Kier alpha value is -1.65. The number of benzene rings is 1. The zero-order valence-corrected chi connectivity index (χ0v) is 11.4. The van der Waals surface area contributed by atoms with Crippen LogP contribution in [0.2, 0.25) is 0 Å². The number of rotatable bonds is 2. The predicted molar refractivity (Wildman–Crippen MR) is 74.6 cm³/mol. The van der Waals surface area contributed by atoms with Crippen LogP contribution in [0.4, 0.5) is 0 Å². The zero-order valence-electron chi connectivity index (χ0n) is 11.4. The average molecular weight is 257 g/mol. The Morgan fingerprint density at radius 2 is 2.05 bits per heavy atom. The van der Waals surface area contributed by atoms with E-state index < -0.39 is 0 Å². The van der Waals surface area contributed by atoms with E-state index in [2.05, 4.69) is 36.4 Å². The fourth-order valence-electron chi connectivity index (χ4n) is 2.73. The maximum absolute atomic E-state index is 5.56. The standard InChI is InChI=1S/C15H19N3O/c1-11-15(14-10-19-9-8-16-14)12(2)18(17-11)13-6-4-3-5-7-13/h3-7,14,16H,8-10H2,1-2H3/t14-/m0/s1. The lowest BCUT2D eigenvalue weighted by molar-refractivity contribution is 0.0765. The number of aryl methyl sites for hydroxylation is 1. The number of aromatic nitrogens is 2. The molecule has 1 aliphatic heterocycles. The summed E-state index contributed by atoms with van der Waals surface area (Å²) >= 11 is 0. The molecule has 1 atom stereocenters. The van der Waals surface area contributed by atoms with Crippen molar-refractivity contribution in [1.29, 1.82) is 0 Å². The summed E-state index contributed by atoms with van der Waals surface area (Å²) in [5.41, 5.74) is 4.63. The number of hydrogen-bond donors (Lipinski definition) is 1. The molecule has 1 aromatic heterocycles. The SMILES string of the molecule is Cc1nn(-c2ccccc2)c(C)c1[C@@H]1COCCN1. The molecule has 4 nitrogen and oxygen atoms in total. The number of ether oxygens (including phenoxy) is 1. The average Bonchev–Trinajstić information content (AvgIpc) is 2.76. The molecule has 3 rings (SSSR count). The molecule has 19 heavy (non-hydrogen) atoms. The first-order valence-corrected chi connectivity index (χ1v) is 6.70. The number of morpholine rings is 1. The van der Waals surface area contributed by atoms with E-state index in [4.69, 9.17) is 4.74 Å². The molecule has 1 N–H and O–H groups in total. The third-order valence-electron chi connectivity index (χ3n) is 3.62. The molecule has 1 saturated heterocycles. The molecular formula is C15H19N3O. The van der Waals surface area contributed by atoms with Crippen molar-refractivity contribution in [2.75, 3.05) is 19.8 Å². The Kier molecular flexibility index (Phi) is 3.36. The van der Waals surface area contributed by atoms with Gasteiger partial charge in [0.15, 0.2) is 0 Å². The van der Waals surface area contributed by atoms with Crippen LogP contribution in [0.15, 0.2) is 30.3 Å². The smallest absolute Gasteiger partial charge is 0.0663 e. The molecular weight excluding hydrogens is 238 g/mol. The van der Waals surface area contributed by atoms with Gasteiger partial charge in [-0.25, -0.2) is 4.68 Å². The van der Waals surface area contributed by atoms with E-state index in [0.717, 1.165) is 31.1 Å². The lowest BCUT2D eigenvalue weighted by Gasteiger charge is -2.24. The van der Waals surface area contributed by atoms with Crippen LogP contribution in [-0.4, -0.2) is 29.5 Å². The molecule has 1 fully saturated rings. The van der Waals surface area contributed by atoms with Crippen molar-refractivity contribution in [3.05, 3.63) is 47.3 Å². The third kappa shape index (κ3) is 2.29. The third-order valence-corrected chi connectivity index (χ3v) is 3.62. The minimum Gasteiger partial charge on any atom is -0.378 e. The summed E-state index contributed by atoms with van der Waals surface area (Å²) < 4.78 is 7.58. The maximum Gasteiger partial charge on any atom is 0.0663 e. The van der Waals surface area contributed by atoms with E-state index in [0.29, 0.717) is 0 Å². The second kappa shape index (κ2) is 5.15. The highest BCUT2D eigenvalue weighted by atomic mass is 16.5. The van der Waals surface area contributed by atoms with Gasteiger partial charge in [0.25, 0.3) is 0 Å². The molecule has 0 bridgehead atoms. The molecule has 0 spiro atoms. The second-order valence-corrected chi connectivity index (χ2v) is 4.91. The first-order valence-electron chi connectivity index (χ1n) is 6.70. The summed E-state index contributed by atoms with van der Waals surface area (Å²) in [5, 5.41) is 8.18. The highest BCUT2D eigenvalue weighted by molar-refractivity contribution is 5.38. The van der Waals surface area contributed by atoms with Crippen LogP contribution in [0, 0.1) is 13.8 Å². The molecule has 2 aromatic rings. The normalized spacial score (nSPS) is 19.6. The van der Waals surface area contributed by atoms with E-state index in [-0.39, 0.29) is 6.04 Å². The van der Waals surface area contributed by atoms with Crippen LogP contribution in [-0.2, 0) is 4.74 Å². The lowest BCUT2D eigenvalue weighted by atomic mass is 10.0. The molecule has 0 aliphatic carbocycles. The first kappa shape index (κ1) is 12.4. The van der Waals surface area contributed by atoms with E-state index in [1.54, 1.807) is 0 Å². The fourth-order valence-corrected chi connectivity index (χ4v) is 2.73. The van der Waals surface area contributed by atoms with E-state index in [1.807, 2.05) is 22.9 Å². The van der Waals surface area contributed by atoms with Crippen molar-refractivity contribution in [1.82, 2.24) is 15.1 Å². The van der Waals surface area contributed by atoms with Crippen molar-refractivity contribution in [2.24, 2.45) is 0 Å². The van der Waals surface area contributed by atoms with Gasteiger partial charge in [-0.1, -0.05) is 18.2 Å². The molecule has 0 unspecified atom stereocenters. The van der Waals surface area contributed by atoms with E-state index in [1.165, 1.54) is 11.3 Å². The van der Waals surface area contributed by atoms with Gasteiger partial charge in [0.2, 0.25) is 0 Å². The van der Waals surface area contributed by atoms with Gasteiger partial charge in [0.1, 0.15) is 0 Å². The van der Waals surface area contributed by atoms with Gasteiger partial charge >= 0.3 is 0 Å². The van der Waals surface area contributed by atoms with Gasteiger partial charge in [-0.05, 0) is 26.0 Å². The number of nitrogens with zero attached hydrogens (tertiary/aromatic N) is 2. The highest BCUT2D eigenvalue weighted by Gasteiger charge is 2.23. The lowest BCUT2D eigenvalue weighted by Crippen LogP contribution is -2.35. The quantitative estimate of drug-likeness (QED) is 0.896. The van der Waals surface area contributed by atoms with Crippen LogP contribution in [0.1, 0.15) is 23.0 Å². The summed E-state index contributed by atoms with van der Waals surface area (Å²) in [4.78, 5) is 0. The molecule has 100 valence electrons. The molecule has 0 amide bonds. The van der Waals surface area contributed by atoms with Crippen LogP contribution >= 0.6 is 0 Å². The molecule has 1 aromatic carbocycles. The number of para-hydroxylation sites is 1. The van der Waals surface area contributed by atoms with Gasteiger partial charge in [-0.2, -0.15) is 5.10 Å². The molecule has 0 saturated carbocycles. The van der Waals surface area contributed by atoms with Crippen molar-refractivity contribution in [3.63, 3.8) is 0 Å². The van der Waals surface area contributed by atoms with Crippen molar-refractivity contribution in [3.8, 4) is 5.69 Å². The maximum atomic E-state index is 5.56. The Morgan fingerprint density at radius 3 is 2.74 bits per heavy atom. The first-order chi connectivity index (χ1) is 9.27. The van der Waals surface area contributed by atoms with Crippen LogP contribution in [0.5, 0.6) is 0 Å². The van der Waals surface area contributed by atoms with Gasteiger partial charge < -0.3 is 10.1 Å². The fraction of sp³-hybridized carbons (Fsp3) is 0.400. The number of hydrogen-bond acceptors (Lipinski definition) is 3. The number of nitrogens with one attached hydrogen (secondary N) is 1. The highest BCUT2D eigenvalue weighted by Crippen LogP contribution is 2.25. The summed E-state index contributed by atoms with van der Waals surface area (Å²) in [6.07, 6.45) is 0. The van der Waals surface area contributed by atoms with Gasteiger partial charge in [-0.15, -0.1) is 0 Å². The predicted octanol–water partition coefficient (Wildman–Crippen LogP) is 2.15. The van der Waals surface area contributed by atoms with Crippen LogP contribution < -0.4 is 5.32 Å². The molecule has 4 heteroatoms. The summed E-state index contributed by atoms with van der Waals surface area (Å²) in [6.45, 7) is 6.61. The molecule has 0 radical (unpaired) electrons. The van der Waals surface area contributed by atoms with Crippen molar-refractivity contribution < 1.29 is 4.74 Å². The largest absolute Gasteiger partial charge is 0.378 e. The second-order valence-electron chi connectivity index (χ2n) is 4.91. The Labute approximate surface area is 113 Å². The summed E-state index contributed by atoms with van der Waals surface area (Å²) in [7, 11) is 0. The summed E-state index contributed by atoms with van der Waals surface area (Å²) in [5.74, 6) is 0. The van der Waals surface area contributed by atoms with Crippen molar-refractivity contribution >= 4 is 0 Å². The summed E-state index contributed by atoms with van der Waals surface area (Å²) in [6, 6.07) is 10.5. The van der Waals surface area contributed by atoms with Gasteiger partial charge in [0.05, 0.1) is 30.6 Å². The Balaban J connectivity index is 2.00. The minimum absolute atomic E-state index is 0.256. The van der Waals surface area contributed by atoms with Crippen LogP contribution in [0.3, 0.4) is 0 Å². The Bertz CT molecular complexity index is 556. The monoisotopic (exact) mass is 257 g/mol. The molecule has 2 heterocycles. The molecule has 1 aliphatic rings. The van der Waals surface area contributed by atoms with Crippen molar-refractivity contribution in [2.45, 2.75) is 19.9 Å². The van der Waals surface area contributed by atoms with E-state index in [9.17, 15) is 0 Å². The van der Waals surface area contributed by atoms with E-state index >= 15 is 0 Å². The zero-order chi connectivity index (χ0) is 13.2. The van der Waals surface area contributed by atoms with Gasteiger partial charge in [0, 0.05) is 17.8 Å². The van der Waals surface area contributed by atoms with Gasteiger partial charge in [-0.3, -0.25) is 0 Å². The topological polar surface area (TPSA) is 39.1 Å². The Morgan fingerprint density at radius 1 is 1.26 bits per heavy atom.